The second kappa shape index (κ2) is 3.50. The quantitative estimate of drug-likeness (QED) is 0.720. The minimum absolute atomic E-state index is 0.0435. The summed E-state index contributed by atoms with van der Waals surface area (Å²) in [4.78, 5) is 0.874. The van der Waals surface area contributed by atoms with Gasteiger partial charge in [0.2, 0.25) is 0 Å². The third kappa shape index (κ3) is 1.46. The summed E-state index contributed by atoms with van der Waals surface area (Å²) < 4.78 is 1.07. The maximum Gasteiger partial charge on any atom is 0.0697 e. The molecule has 0 fully saturated rings. The number of halogens is 1. The molecule has 13 heavy (non-hydrogen) atoms. The molecule has 0 saturated heterocycles. The van der Waals surface area contributed by atoms with E-state index in [2.05, 4.69) is 12.6 Å². The summed E-state index contributed by atoms with van der Waals surface area (Å²) in [5.41, 5.74) is 0.734. The maximum absolute atomic E-state index is 9.02. The fourth-order valence-corrected chi connectivity index (χ4v) is 2.84. The van der Waals surface area contributed by atoms with E-state index >= 15 is 0 Å². The molecule has 0 aliphatic heterocycles. The zero-order valence-electron chi connectivity index (χ0n) is 6.62. The van der Waals surface area contributed by atoms with Crippen molar-refractivity contribution in [3.8, 4) is 0 Å². The van der Waals surface area contributed by atoms with Gasteiger partial charge in [0.05, 0.1) is 11.6 Å². The van der Waals surface area contributed by atoms with E-state index in [1.54, 1.807) is 11.3 Å². The Morgan fingerprint density at radius 3 is 3.00 bits per heavy atom. The molecule has 2 rings (SSSR count). The van der Waals surface area contributed by atoms with Gasteiger partial charge in [-0.1, -0.05) is 11.6 Å². The van der Waals surface area contributed by atoms with Crippen LogP contribution in [-0.2, 0) is 6.61 Å². The minimum atomic E-state index is -0.0435. The molecule has 2 aromatic rings. The molecule has 1 aromatic heterocycles. The third-order valence-electron chi connectivity index (χ3n) is 1.90. The Hall–Kier alpha value is -0.220. The lowest BCUT2D eigenvalue weighted by molar-refractivity contribution is 0.282. The number of rotatable bonds is 1. The molecular weight excluding hydrogens is 224 g/mol. The molecule has 0 unspecified atom stereocenters. The van der Waals surface area contributed by atoms with Crippen LogP contribution in [0.25, 0.3) is 10.1 Å². The van der Waals surface area contributed by atoms with Gasteiger partial charge in [-0.25, -0.2) is 0 Å². The van der Waals surface area contributed by atoms with Crippen LogP contribution in [0.5, 0.6) is 0 Å². The van der Waals surface area contributed by atoms with Crippen LogP contribution in [0.4, 0.5) is 0 Å². The normalized spacial score (nSPS) is 11.0. The van der Waals surface area contributed by atoms with Crippen molar-refractivity contribution in [2.24, 2.45) is 0 Å². The number of fused-ring (bicyclic) bond motifs is 1. The van der Waals surface area contributed by atoms with Crippen LogP contribution in [0, 0.1) is 0 Å². The van der Waals surface area contributed by atoms with Crippen molar-refractivity contribution in [2.75, 3.05) is 0 Å². The van der Waals surface area contributed by atoms with Crippen molar-refractivity contribution in [3.63, 3.8) is 0 Å². The highest BCUT2D eigenvalue weighted by Crippen LogP contribution is 2.35. The Bertz CT molecular complexity index is 450. The lowest BCUT2D eigenvalue weighted by Crippen LogP contribution is -1.85. The Morgan fingerprint density at radius 1 is 1.54 bits per heavy atom. The van der Waals surface area contributed by atoms with Crippen LogP contribution in [0.2, 0.25) is 5.02 Å². The molecule has 68 valence electrons. The van der Waals surface area contributed by atoms with Crippen LogP contribution in [0.3, 0.4) is 0 Å². The molecule has 4 heteroatoms. The highest BCUT2D eigenvalue weighted by Gasteiger charge is 2.08. The summed E-state index contributed by atoms with van der Waals surface area (Å²) in [5.74, 6) is 0. The first-order chi connectivity index (χ1) is 6.24. The fourth-order valence-electron chi connectivity index (χ4n) is 1.26. The van der Waals surface area contributed by atoms with Crippen molar-refractivity contribution >= 4 is 45.7 Å². The number of aliphatic hydroxyl groups excluding tert-OH is 1. The first kappa shape index (κ1) is 9.34. The molecule has 0 amide bonds. The van der Waals surface area contributed by atoms with Gasteiger partial charge < -0.3 is 5.11 Å². The number of benzene rings is 1. The van der Waals surface area contributed by atoms with Gasteiger partial charge in [-0.3, -0.25) is 0 Å². The SMILES string of the molecule is OCc1cc(S)c2sccc2c1Cl. The zero-order valence-corrected chi connectivity index (χ0v) is 9.09. The standard InChI is InChI=1S/C9H7ClOS2/c10-8-5(4-11)3-7(12)9-6(8)1-2-13-9/h1-3,11-12H,4H2. The highest BCUT2D eigenvalue weighted by molar-refractivity contribution is 7.80. The van der Waals surface area contributed by atoms with E-state index in [1.807, 2.05) is 17.5 Å². The number of thiophene rings is 1. The van der Waals surface area contributed by atoms with E-state index in [0.717, 1.165) is 20.5 Å². The van der Waals surface area contributed by atoms with Gasteiger partial charge in [-0.05, 0) is 23.1 Å². The molecule has 0 bridgehead atoms. The van der Waals surface area contributed by atoms with Gasteiger partial charge in [0.15, 0.2) is 0 Å². The Balaban J connectivity index is 2.85. The van der Waals surface area contributed by atoms with Gasteiger partial charge in [0, 0.05) is 15.0 Å². The third-order valence-corrected chi connectivity index (χ3v) is 3.80. The van der Waals surface area contributed by atoms with E-state index in [0.29, 0.717) is 5.02 Å². The van der Waals surface area contributed by atoms with E-state index in [4.69, 9.17) is 16.7 Å². The van der Waals surface area contributed by atoms with Gasteiger partial charge in [-0.2, -0.15) is 0 Å². The van der Waals surface area contributed by atoms with Crippen LogP contribution < -0.4 is 0 Å². The first-order valence-electron chi connectivity index (χ1n) is 3.72. The lowest BCUT2D eigenvalue weighted by Gasteiger charge is -2.03. The zero-order chi connectivity index (χ0) is 9.42. The minimum Gasteiger partial charge on any atom is -0.392 e. The average molecular weight is 231 g/mol. The molecule has 1 nitrogen and oxygen atoms in total. The smallest absolute Gasteiger partial charge is 0.0697 e. The van der Waals surface area contributed by atoms with E-state index in [-0.39, 0.29) is 6.61 Å². The molecular formula is C9H7ClOS2. The van der Waals surface area contributed by atoms with Crippen molar-refractivity contribution in [1.29, 1.82) is 0 Å². The number of aliphatic hydroxyl groups is 1. The molecule has 0 saturated carbocycles. The number of hydrogen-bond donors (Lipinski definition) is 2. The van der Waals surface area contributed by atoms with Crippen LogP contribution in [-0.4, -0.2) is 5.11 Å². The van der Waals surface area contributed by atoms with Crippen molar-refractivity contribution in [2.45, 2.75) is 11.5 Å². The summed E-state index contributed by atoms with van der Waals surface area (Å²) in [6.45, 7) is -0.0435. The number of thiol groups is 1. The summed E-state index contributed by atoms with van der Waals surface area (Å²) in [6, 6.07) is 3.76. The molecule has 0 radical (unpaired) electrons. The monoisotopic (exact) mass is 230 g/mol. The van der Waals surface area contributed by atoms with E-state index in [9.17, 15) is 0 Å². The van der Waals surface area contributed by atoms with Gasteiger partial charge in [0.1, 0.15) is 0 Å². The Morgan fingerprint density at radius 2 is 2.31 bits per heavy atom. The fraction of sp³-hybridized carbons (Fsp3) is 0.111. The topological polar surface area (TPSA) is 20.2 Å². The highest BCUT2D eigenvalue weighted by atomic mass is 35.5. The second-order valence-electron chi connectivity index (χ2n) is 2.69. The summed E-state index contributed by atoms with van der Waals surface area (Å²) >= 11 is 12.0. The molecule has 0 aliphatic carbocycles. The van der Waals surface area contributed by atoms with Gasteiger partial charge in [-0.15, -0.1) is 24.0 Å². The maximum atomic E-state index is 9.02. The second-order valence-corrected chi connectivity index (χ2v) is 4.47. The lowest BCUT2D eigenvalue weighted by atomic mass is 10.2. The van der Waals surface area contributed by atoms with Crippen LogP contribution in [0.1, 0.15) is 5.56 Å². The van der Waals surface area contributed by atoms with E-state index < -0.39 is 0 Å². The molecule has 0 atom stereocenters. The largest absolute Gasteiger partial charge is 0.392 e. The Kier molecular flexibility index (Phi) is 2.51. The summed E-state index contributed by atoms with van der Waals surface area (Å²) in [5, 5.41) is 12.6. The molecule has 0 spiro atoms. The summed E-state index contributed by atoms with van der Waals surface area (Å²) in [7, 11) is 0. The van der Waals surface area contributed by atoms with Crippen molar-refractivity contribution < 1.29 is 5.11 Å². The summed E-state index contributed by atoms with van der Waals surface area (Å²) in [6.07, 6.45) is 0. The molecule has 1 N–H and O–H groups in total. The Labute approximate surface area is 90.4 Å². The molecule has 1 heterocycles. The molecule has 1 aromatic carbocycles. The number of hydrogen-bond acceptors (Lipinski definition) is 3. The average Bonchev–Trinajstić information content (AvgIpc) is 2.60. The van der Waals surface area contributed by atoms with Gasteiger partial charge in [0.25, 0.3) is 0 Å². The van der Waals surface area contributed by atoms with Gasteiger partial charge >= 0.3 is 0 Å². The van der Waals surface area contributed by atoms with Crippen molar-refractivity contribution in [3.05, 3.63) is 28.1 Å². The predicted molar refractivity (Wildman–Crippen MR) is 60.0 cm³/mol. The first-order valence-corrected chi connectivity index (χ1v) is 5.43. The predicted octanol–water partition coefficient (Wildman–Crippen LogP) is 3.34. The van der Waals surface area contributed by atoms with Crippen LogP contribution in [0.15, 0.2) is 22.4 Å². The van der Waals surface area contributed by atoms with E-state index in [1.165, 1.54) is 0 Å². The van der Waals surface area contributed by atoms with Crippen molar-refractivity contribution in [1.82, 2.24) is 0 Å². The van der Waals surface area contributed by atoms with Crippen LogP contribution >= 0.6 is 35.6 Å². The molecule has 0 aliphatic rings.